The average molecular weight is 313 g/mol. The van der Waals surface area contributed by atoms with Crippen LogP contribution in [0.2, 0.25) is 0 Å². The Kier molecular flexibility index (Phi) is 3.76. The maximum atomic E-state index is 13.1. The first-order valence-corrected chi connectivity index (χ1v) is 6.76. The van der Waals surface area contributed by atoms with Crippen LogP contribution in [-0.4, -0.2) is 16.8 Å². The number of hydrogen-bond acceptors (Lipinski definition) is 4. The molecular formula is C16H12FN3O3. The fourth-order valence-corrected chi connectivity index (χ4v) is 2.06. The van der Waals surface area contributed by atoms with Crippen LogP contribution in [0.1, 0.15) is 17.3 Å². The van der Waals surface area contributed by atoms with E-state index in [2.05, 4.69) is 15.6 Å². The van der Waals surface area contributed by atoms with Crippen molar-refractivity contribution in [2.24, 2.45) is 0 Å². The van der Waals surface area contributed by atoms with Gasteiger partial charge in [-0.15, -0.1) is 0 Å². The van der Waals surface area contributed by atoms with Gasteiger partial charge >= 0.3 is 6.01 Å². The number of hydrogen-bond donors (Lipinski definition) is 2. The number of carbonyl (C=O) groups is 2. The minimum absolute atomic E-state index is 0.00534. The van der Waals surface area contributed by atoms with Crippen LogP contribution in [0.3, 0.4) is 0 Å². The molecule has 116 valence electrons. The predicted octanol–water partition coefficient (Wildman–Crippen LogP) is 3.18. The van der Waals surface area contributed by atoms with Crippen molar-refractivity contribution in [2.45, 2.75) is 6.92 Å². The second-order valence-corrected chi connectivity index (χ2v) is 4.85. The number of carbonyl (C=O) groups excluding carboxylic acids is 2. The molecule has 0 fully saturated rings. The first-order valence-electron chi connectivity index (χ1n) is 6.76. The lowest BCUT2D eigenvalue weighted by molar-refractivity contribution is -0.114. The molecule has 7 heteroatoms. The molecule has 23 heavy (non-hydrogen) atoms. The summed E-state index contributed by atoms with van der Waals surface area (Å²) in [6, 6.07) is 10.2. The summed E-state index contributed by atoms with van der Waals surface area (Å²) in [5.74, 6) is -1.24. The molecule has 0 radical (unpaired) electrons. The zero-order valence-corrected chi connectivity index (χ0v) is 12.1. The van der Waals surface area contributed by atoms with Crippen molar-refractivity contribution in [3.8, 4) is 0 Å². The molecule has 2 aromatic carbocycles. The molecule has 0 bridgehead atoms. The van der Waals surface area contributed by atoms with Gasteiger partial charge in [-0.25, -0.2) is 4.39 Å². The van der Waals surface area contributed by atoms with Crippen LogP contribution in [0.4, 0.5) is 16.1 Å². The maximum Gasteiger partial charge on any atom is 0.302 e. The van der Waals surface area contributed by atoms with Crippen LogP contribution in [0.25, 0.3) is 11.1 Å². The van der Waals surface area contributed by atoms with Gasteiger partial charge in [0.2, 0.25) is 5.91 Å². The Labute approximate surface area is 130 Å². The van der Waals surface area contributed by atoms with Crippen LogP contribution < -0.4 is 10.6 Å². The first-order chi connectivity index (χ1) is 11.0. The predicted molar refractivity (Wildman–Crippen MR) is 82.7 cm³/mol. The van der Waals surface area contributed by atoms with Gasteiger partial charge in [-0.1, -0.05) is 6.07 Å². The summed E-state index contributed by atoms with van der Waals surface area (Å²) in [7, 11) is 0. The van der Waals surface area contributed by atoms with Crippen LogP contribution in [0.15, 0.2) is 46.9 Å². The number of anilines is 2. The van der Waals surface area contributed by atoms with Gasteiger partial charge in [-0.05, 0) is 30.3 Å². The Morgan fingerprint density at radius 3 is 2.70 bits per heavy atom. The van der Waals surface area contributed by atoms with Crippen molar-refractivity contribution >= 4 is 34.6 Å². The third-order valence-electron chi connectivity index (χ3n) is 3.02. The van der Waals surface area contributed by atoms with Crippen LogP contribution in [-0.2, 0) is 4.79 Å². The number of fused-ring (bicyclic) bond motifs is 1. The molecule has 1 aromatic heterocycles. The Balaban J connectivity index is 1.83. The number of benzene rings is 2. The summed E-state index contributed by atoms with van der Waals surface area (Å²) in [4.78, 5) is 27.2. The Morgan fingerprint density at radius 1 is 1.13 bits per heavy atom. The summed E-state index contributed by atoms with van der Waals surface area (Å²) in [5, 5.41) is 5.09. The smallest absolute Gasteiger partial charge is 0.302 e. The van der Waals surface area contributed by atoms with Gasteiger partial charge in [-0.3, -0.25) is 14.9 Å². The zero-order chi connectivity index (χ0) is 16.4. The average Bonchev–Trinajstić information content (AvgIpc) is 2.88. The molecule has 0 aliphatic carbocycles. The lowest BCUT2D eigenvalue weighted by atomic mass is 10.2. The van der Waals surface area contributed by atoms with E-state index < -0.39 is 11.7 Å². The molecule has 3 aromatic rings. The number of rotatable bonds is 3. The zero-order valence-electron chi connectivity index (χ0n) is 12.1. The van der Waals surface area contributed by atoms with E-state index in [9.17, 15) is 14.0 Å². The quantitative estimate of drug-likeness (QED) is 0.778. The summed E-state index contributed by atoms with van der Waals surface area (Å²) >= 11 is 0. The van der Waals surface area contributed by atoms with Crippen molar-refractivity contribution in [3.63, 3.8) is 0 Å². The van der Waals surface area contributed by atoms with Crippen molar-refractivity contribution in [2.75, 3.05) is 10.6 Å². The highest BCUT2D eigenvalue weighted by Gasteiger charge is 2.12. The fraction of sp³-hybridized carbons (Fsp3) is 0.0625. The highest BCUT2D eigenvalue weighted by molar-refractivity contribution is 6.03. The van der Waals surface area contributed by atoms with E-state index in [1.165, 1.54) is 25.1 Å². The van der Waals surface area contributed by atoms with Crippen molar-refractivity contribution in [1.29, 1.82) is 0 Å². The second kappa shape index (κ2) is 5.88. The number of amides is 2. The molecule has 0 saturated heterocycles. The van der Waals surface area contributed by atoms with Crippen molar-refractivity contribution in [1.82, 2.24) is 4.98 Å². The maximum absolute atomic E-state index is 13.1. The topological polar surface area (TPSA) is 84.2 Å². The highest BCUT2D eigenvalue weighted by atomic mass is 19.1. The lowest BCUT2D eigenvalue weighted by Crippen LogP contribution is -2.12. The number of halogens is 1. The Morgan fingerprint density at radius 2 is 1.96 bits per heavy atom. The molecule has 2 amide bonds. The lowest BCUT2D eigenvalue weighted by Gasteiger charge is -2.00. The summed E-state index contributed by atoms with van der Waals surface area (Å²) < 4.78 is 18.6. The van der Waals surface area contributed by atoms with E-state index in [1.54, 1.807) is 18.2 Å². The third kappa shape index (κ3) is 3.34. The first kappa shape index (κ1) is 14.7. The molecule has 0 aliphatic rings. The summed E-state index contributed by atoms with van der Waals surface area (Å²) in [6.45, 7) is 1.40. The highest BCUT2D eigenvalue weighted by Crippen LogP contribution is 2.23. The molecular weight excluding hydrogens is 301 g/mol. The minimum Gasteiger partial charge on any atom is -0.423 e. The Bertz CT molecular complexity index is 904. The van der Waals surface area contributed by atoms with Crippen molar-refractivity contribution in [3.05, 3.63) is 53.8 Å². The molecule has 0 spiro atoms. The van der Waals surface area contributed by atoms with Gasteiger partial charge in [0.1, 0.15) is 11.3 Å². The standard InChI is InChI=1S/C16H12FN3O3/c1-9(21)18-12-5-6-13-14(8-12)23-16(19-13)20-15(22)10-3-2-4-11(17)7-10/h2-8H,1H3,(H,18,21)(H,19,20,22). The largest absolute Gasteiger partial charge is 0.423 e. The molecule has 3 rings (SSSR count). The normalized spacial score (nSPS) is 10.5. The van der Waals surface area contributed by atoms with Crippen LogP contribution in [0, 0.1) is 5.82 Å². The van der Waals surface area contributed by atoms with Crippen LogP contribution in [0.5, 0.6) is 0 Å². The number of aromatic nitrogens is 1. The fourth-order valence-electron chi connectivity index (χ4n) is 2.06. The second-order valence-electron chi connectivity index (χ2n) is 4.85. The third-order valence-corrected chi connectivity index (χ3v) is 3.02. The SMILES string of the molecule is CC(=O)Nc1ccc2nc(NC(=O)c3cccc(F)c3)oc2c1. The van der Waals surface area contributed by atoms with E-state index in [1.807, 2.05) is 0 Å². The van der Waals surface area contributed by atoms with E-state index >= 15 is 0 Å². The molecule has 6 nitrogen and oxygen atoms in total. The summed E-state index contributed by atoms with van der Waals surface area (Å²) in [6.07, 6.45) is 0. The molecule has 0 unspecified atom stereocenters. The molecule has 0 aliphatic heterocycles. The van der Waals surface area contributed by atoms with E-state index in [-0.39, 0.29) is 17.5 Å². The van der Waals surface area contributed by atoms with E-state index in [0.717, 1.165) is 6.07 Å². The van der Waals surface area contributed by atoms with E-state index in [0.29, 0.717) is 16.8 Å². The van der Waals surface area contributed by atoms with E-state index in [4.69, 9.17) is 4.42 Å². The van der Waals surface area contributed by atoms with Gasteiger partial charge in [0.05, 0.1) is 0 Å². The number of nitrogens with one attached hydrogen (secondary N) is 2. The summed E-state index contributed by atoms with van der Waals surface area (Å²) in [5.41, 5.74) is 1.65. The van der Waals surface area contributed by atoms with Gasteiger partial charge in [-0.2, -0.15) is 4.98 Å². The van der Waals surface area contributed by atoms with Gasteiger partial charge in [0, 0.05) is 24.2 Å². The minimum atomic E-state index is -0.529. The molecule has 0 saturated carbocycles. The molecule has 1 heterocycles. The van der Waals surface area contributed by atoms with Crippen molar-refractivity contribution < 1.29 is 18.4 Å². The molecule has 2 N–H and O–H groups in total. The number of nitrogens with zero attached hydrogens (tertiary/aromatic N) is 1. The molecule has 0 atom stereocenters. The number of oxazole rings is 1. The Hall–Kier alpha value is -3.22. The van der Waals surface area contributed by atoms with Gasteiger partial charge in [0.25, 0.3) is 5.91 Å². The monoisotopic (exact) mass is 313 g/mol. The van der Waals surface area contributed by atoms with Gasteiger partial charge in [0.15, 0.2) is 5.58 Å². The van der Waals surface area contributed by atoms with Gasteiger partial charge < -0.3 is 9.73 Å². The van der Waals surface area contributed by atoms with Crippen LogP contribution >= 0.6 is 0 Å².